The van der Waals surface area contributed by atoms with E-state index >= 15 is 0 Å². The first-order valence-electron chi connectivity index (χ1n) is 9.18. The average molecular weight is 390 g/mol. The summed E-state index contributed by atoms with van der Waals surface area (Å²) in [4.78, 5) is 5.95. The van der Waals surface area contributed by atoms with Crippen LogP contribution < -0.4 is 9.47 Å². The van der Waals surface area contributed by atoms with E-state index in [0.29, 0.717) is 6.61 Å². The van der Waals surface area contributed by atoms with Gasteiger partial charge in [0.25, 0.3) is 0 Å². The third-order valence-electron chi connectivity index (χ3n) is 3.79. The van der Waals surface area contributed by atoms with Crippen LogP contribution in [0.4, 0.5) is 5.69 Å². The Morgan fingerprint density at radius 1 is 0.857 bits per heavy atom. The minimum Gasteiger partial charge on any atom is -0.494 e. The van der Waals surface area contributed by atoms with Crippen molar-refractivity contribution in [2.24, 2.45) is 4.99 Å². The van der Waals surface area contributed by atoms with E-state index < -0.39 is 0 Å². The zero-order valence-corrected chi connectivity index (χ0v) is 16.9. The molecule has 0 fully saturated rings. The molecule has 0 heterocycles. The summed E-state index contributed by atoms with van der Waals surface area (Å²) >= 11 is 1.62. The first-order chi connectivity index (χ1) is 13.7. The molecule has 0 aliphatic heterocycles. The van der Waals surface area contributed by atoms with Crippen molar-refractivity contribution in [1.29, 1.82) is 0 Å². The van der Waals surface area contributed by atoms with Gasteiger partial charge in [-0.1, -0.05) is 48.2 Å². The lowest BCUT2D eigenvalue weighted by Crippen LogP contribution is -1.97. The number of thioether (sulfide) groups is 1. The zero-order chi connectivity index (χ0) is 19.6. The van der Waals surface area contributed by atoms with E-state index in [4.69, 9.17) is 14.5 Å². The number of ether oxygens (including phenoxy) is 2. The Bertz CT molecular complexity index is 920. The maximum Gasteiger partial charge on any atom is 0.126 e. The second-order valence-corrected chi connectivity index (χ2v) is 7.05. The first-order valence-corrected chi connectivity index (χ1v) is 9.99. The van der Waals surface area contributed by atoms with Crippen LogP contribution in [0.5, 0.6) is 11.5 Å². The average Bonchev–Trinajstić information content (AvgIpc) is 2.74. The summed E-state index contributed by atoms with van der Waals surface area (Å²) in [6.45, 7) is 4.62. The number of benzene rings is 3. The second-order valence-electron chi connectivity index (χ2n) is 5.99. The number of rotatable bonds is 7. The van der Waals surface area contributed by atoms with Crippen LogP contribution in [-0.2, 0) is 0 Å². The molecule has 0 radical (unpaired) electrons. The fourth-order valence-corrected chi connectivity index (χ4v) is 3.28. The predicted molar refractivity (Wildman–Crippen MR) is 118 cm³/mol. The molecule has 3 aromatic carbocycles. The van der Waals surface area contributed by atoms with Gasteiger partial charge in [0, 0.05) is 10.5 Å². The number of para-hydroxylation sites is 1. The second kappa shape index (κ2) is 10.4. The van der Waals surface area contributed by atoms with Gasteiger partial charge in [0.05, 0.1) is 18.6 Å². The van der Waals surface area contributed by atoms with Crippen molar-refractivity contribution >= 4 is 22.5 Å². The molecule has 0 aliphatic carbocycles. The Hall–Kier alpha value is -2.98. The highest BCUT2D eigenvalue weighted by molar-refractivity contribution is 8.14. The van der Waals surface area contributed by atoms with E-state index in [9.17, 15) is 0 Å². The van der Waals surface area contributed by atoms with Crippen molar-refractivity contribution in [3.8, 4) is 11.5 Å². The van der Waals surface area contributed by atoms with Gasteiger partial charge < -0.3 is 9.47 Å². The summed E-state index contributed by atoms with van der Waals surface area (Å²) in [5.74, 6) is 1.59. The Morgan fingerprint density at radius 3 is 2.11 bits per heavy atom. The fourth-order valence-electron chi connectivity index (χ4n) is 2.40. The highest BCUT2D eigenvalue weighted by Gasteiger charge is 2.07. The standard InChI is InChI=1S/C24H23NO2S/c1-3-26-21-14-16-22(17-15-21)27-18-19(2)24(25-20-10-6-4-7-11-20)28-23-12-8-5-9-13-23/h4-18H,3H2,1-2H3/b19-18+,25-24?. The molecule has 0 atom stereocenters. The molecule has 0 aliphatic rings. The van der Waals surface area contributed by atoms with Crippen LogP contribution in [0.3, 0.4) is 0 Å². The summed E-state index contributed by atoms with van der Waals surface area (Å²) < 4.78 is 11.3. The molecule has 0 saturated carbocycles. The topological polar surface area (TPSA) is 30.8 Å². The molecule has 3 rings (SSSR count). The molecule has 0 unspecified atom stereocenters. The van der Waals surface area contributed by atoms with Crippen molar-refractivity contribution in [3.63, 3.8) is 0 Å². The van der Waals surface area contributed by atoms with Gasteiger partial charge in [0.1, 0.15) is 16.5 Å². The molecule has 0 amide bonds. The molecule has 0 bridgehead atoms. The molecule has 4 heteroatoms. The van der Waals surface area contributed by atoms with Crippen molar-refractivity contribution in [3.05, 3.63) is 96.8 Å². The van der Waals surface area contributed by atoms with E-state index in [0.717, 1.165) is 32.7 Å². The Labute approximate surface area is 170 Å². The van der Waals surface area contributed by atoms with Crippen LogP contribution in [0.1, 0.15) is 13.8 Å². The molecule has 0 saturated heterocycles. The van der Waals surface area contributed by atoms with Crippen LogP contribution in [0.2, 0.25) is 0 Å². The van der Waals surface area contributed by atoms with Gasteiger partial charge in [-0.3, -0.25) is 0 Å². The summed E-state index contributed by atoms with van der Waals surface area (Å²) in [6.07, 6.45) is 1.74. The van der Waals surface area contributed by atoms with E-state index in [1.807, 2.05) is 86.6 Å². The normalized spacial score (nSPS) is 11.9. The quantitative estimate of drug-likeness (QED) is 0.191. The fraction of sp³-hybridized carbons (Fsp3) is 0.125. The molecular formula is C24H23NO2S. The zero-order valence-electron chi connectivity index (χ0n) is 16.0. The summed E-state index contributed by atoms with van der Waals surface area (Å²) in [5.41, 5.74) is 1.86. The molecular weight excluding hydrogens is 366 g/mol. The number of hydrogen-bond donors (Lipinski definition) is 0. The van der Waals surface area contributed by atoms with E-state index in [2.05, 4.69) is 12.1 Å². The minimum atomic E-state index is 0.648. The lowest BCUT2D eigenvalue weighted by Gasteiger charge is -2.09. The van der Waals surface area contributed by atoms with Crippen LogP contribution in [-0.4, -0.2) is 11.7 Å². The molecule has 3 aromatic rings. The minimum absolute atomic E-state index is 0.648. The van der Waals surface area contributed by atoms with Crippen molar-refractivity contribution in [2.45, 2.75) is 18.7 Å². The SMILES string of the molecule is CCOc1ccc(O/C=C(\C)C(=Nc2ccccc2)Sc2ccccc2)cc1. The summed E-state index contributed by atoms with van der Waals surface area (Å²) in [6, 6.07) is 27.8. The molecule has 0 N–H and O–H groups in total. The van der Waals surface area contributed by atoms with Crippen LogP contribution >= 0.6 is 11.8 Å². The number of hydrogen-bond acceptors (Lipinski definition) is 4. The number of aliphatic imine (C=N–C) groups is 1. The van der Waals surface area contributed by atoms with Gasteiger partial charge in [0.15, 0.2) is 0 Å². The van der Waals surface area contributed by atoms with Crippen molar-refractivity contribution in [1.82, 2.24) is 0 Å². The van der Waals surface area contributed by atoms with Crippen molar-refractivity contribution in [2.75, 3.05) is 6.61 Å². The maximum atomic E-state index is 5.85. The number of nitrogens with zero attached hydrogens (tertiary/aromatic N) is 1. The predicted octanol–water partition coefficient (Wildman–Crippen LogP) is 6.89. The van der Waals surface area contributed by atoms with E-state index in [1.165, 1.54) is 0 Å². The van der Waals surface area contributed by atoms with Gasteiger partial charge >= 0.3 is 0 Å². The molecule has 0 aromatic heterocycles. The molecule has 0 spiro atoms. The third-order valence-corrected chi connectivity index (χ3v) is 4.90. The van der Waals surface area contributed by atoms with E-state index in [1.54, 1.807) is 18.0 Å². The Balaban J connectivity index is 1.80. The van der Waals surface area contributed by atoms with Crippen molar-refractivity contribution < 1.29 is 9.47 Å². The Kier molecular flexibility index (Phi) is 7.33. The van der Waals surface area contributed by atoms with Gasteiger partial charge in [0.2, 0.25) is 0 Å². The summed E-state index contributed by atoms with van der Waals surface area (Å²) in [7, 11) is 0. The molecule has 142 valence electrons. The maximum absolute atomic E-state index is 5.85. The highest BCUT2D eigenvalue weighted by Crippen LogP contribution is 2.27. The van der Waals surface area contributed by atoms with Crippen LogP contribution in [0.25, 0.3) is 0 Å². The Morgan fingerprint density at radius 2 is 1.46 bits per heavy atom. The smallest absolute Gasteiger partial charge is 0.126 e. The van der Waals surface area contributed by atoms with Gasteiger partial charge in [-0.05, 0) is 62.4 Å². The lowest BCUT2D eigenvalue weighted by molar-refractivity contribution is 0.339. The van der Waals surface area contributed by atoms with E-state index in [-0.39, 0.29) is 0 Å². The summed E-state index contributed by atoms with van der Waals surface area (Å²) in [5, 5.41) is 0.892. The molecule has 28 heavy (non-hydrogen) atoms. The first kappa shape index (κ1) is 19.8. The lowest BCUT2D eigenvalue weighted by atomic mass is 10.3. The molecule has 3 nitrogen and oxygen atoms in total. The highest BCUT2D eigenvalue weighted by atomic mass is 32.2. The van der Waals surface area contributed by atoms with Gasteiger partial charge in [-0.25, -0.2) is 4.99 Å². The van der Waals surface area contributed by atoms with Crippen LogP contribution in [0, 0.1) is 0 Å². The van der Waals surface area contributed by atoms with Gasteiger partial charge in [-0.15, -0.1) is 0 Å². The third kappa shape index (κ3) is 6.03. The largest absolute Gasteiger partial charge is 0.494 e. The monoisotopic (exact) mass is 389 g/mol. The van der Waals surface area contributed by atoms with Gasteiger partial charge in [-0.2, -0.15) is 0 Å². The van der Waals surface area contributed by atoms with Crippen LogP contribution in [0.15, 0.2) is 107 Å².